The van der Waals surface area contributed by atoms with Gasteiger partial charge in [0, 0.05) is 0 Å². The van der Waals surface area contributed by atoms with Crippen molar-refractivity contribution in [2.45, 2.75) is 0 Å². The van der Waals surface area contributed by atoms with Gasteiger partial charge in [-0.3, -0.25) is 0 Å². The Kier molecular flexibility index (Phi) is 4.90. The second kappa shape index (κ2) is 6.24. The standard InChI is InChI=1S/C8H6S.C2H5BO3/c1-2-7-4-5-9-6-8(7)3-1;1-2-6-3(4)5/h1-6H;2,4-5H,1H2. The predicted octanol–water partition coefficient (Wildman–Crippen LogP) is 1.97. The van der Waals surface area contributed by atoms with E-state index in [1.54, 1.807) is 11.3 Å². The maximum Gasteiger partial charge on any atom is 0.707 e. The summed E-state index contributed by atoms with van der Waals surface area (Å²) in [6.07, 6.45) is 0.949. The van der Waals surface area contributed by atoms with Crippen molar-refractivity contribution in [1.29, 1.82) is 0 Å². The van der Waals surface area contributed by atoms with Crippen LogP contribution in [0.1, 0.15) is 0 Å². The highest BCUT2D eigenvalue weighted by molar-refractivity contribution is 7.07. The molecule has 0 fully saturated rings. The van der Waals surface area contributed by atoms with E-state index in [0.29, 0.717) is 0 Å². The van der Waals surface area contributed by atoms with E-state index < -0.39 is 7.32 Å². The van der Waals surface area contributed by atoms with E-state index in [-0.39, 0.29) is 0 Å². The molecule has 0 radical (unpaired) electrons. The van der Waals surface area contributed by atoms with Gasteiger partial charge in [0.15, 0.2) is 0 Å². The molecular weight excluding hydrogens is 211 g/mol. The zero-order valence-corrected chi connectivity index (χ0v) is 8.85. The molecule has 2 rings (SSSR count). The second-order valence-corrected chi connectivity index (χ2v) is 3.40. The van der Waals surface area contributed by atoms with Crippen LogP contribution in [-0.4, -0.2) is 17.4 Å². The highest BCUT2D eigenvalue weighted by Gasteiger charge is 2.04. The van der Waals surface area contributed by atoms with Crippen LogP contribution in [-0.2, 0) is 4.65 Å². The third kappa shape index (κ3) is 4.16. The van der Waals surface area contributed by atoms with Crippen LogP contribution in [0.4, 0.5) is 0 Å². The number of rotatable bonds is 2. The van der Waals surface area contributed by atoms with Gasteiger partial charge in [0.1, 0.15) is 0 Å². The molecule has 15 heavy (non-hydrogen) atoms. The molecule has 78 valence electrons. The van der Waals surface area contributed by atoms with Crippen LogP contribution in [0.2, 0.25) is 0 Å². The van der Waals surface area contributed by atoms with Gasteiger partial charge in [0.25, 0.3) is 0 Å². The zero-order chi connectivity index (χ0) is 11.1. The Bertz CT molecular complexity index is 348. The van der Waals surface area contributed by atoms with E-state index in [0.717, 1.165) is 6.26 Å². The summed E-state index contributed by atoms with van der Waals surface area (Å²) in [6, 6.07) is 8.48. The molecule has 1 heterocycles. The van der Waals surface area contributed by atoms with Gasteiger partial charge in [0.2, 0.25) is 0 Å². The Morgan fingerprint density at radius 1 is 1.27 bits per heavy atom. The first kappa shape index (κ1) is 11.8. The van der Waals surface area contributed by atoms with Gasteiger partial charge in [-0.2, -0.15) is 11.3 Å². The first-order valence-corrected chi connectivity index (χ1v) is 5.21. The minimum absolute atomic E-state index is 0.949. The van der Waals surface area contributed by atoms with Crippen molar-refractivity contribution in [3.05, 3.63) is 47.9 Å². The predicted molar refractivity (Wildman–Crippen MR) is 62.4 cm³/mol. The molecule has 1 aliphatic carbocycles. The van der Waals surface area contributed by atoms with Gasteiger partial charge in [0.05, 0.1) is 6.26 Å². The van der Waals surface area contributed by atoms with Crippen molar-refractivity contribution in [3.8, 4) is 11.1 Å². The zero-order valence-electron chi connectivity index (χ0n) is 8.04. The topological polar surface area (TPSA) is 49.7 Å². The normalized spacial score (nSPS) is 8.93. The minimum Gasteiger partial charge on any atom is -0.519 e. The molecule has 0 saturated heterocycles. The molecule has 0 bridgehead atoms. The maximum atomic E-state index is 7.81. The summed E-state index contributed by atoms with van der Waals surface area (Å²) in [4.78, 5) is 0. The van der Waals surface area contributed by atoms with Crippen molar-refractivity contribution in [3.63, 3.8) is 0 Å². The van der Waals surface area contributed by atoms with Crippen LogP contribution in [0.3, 0.4) is 0 Å². The van der Waals surface area contributed by atoms with Gasteiger partial charge in [-0.1, -0.05) is 24.8 Å². The molecule has 3 nitrogen and oxygen atoms in total. The Morgan fingerprint density at radius 2 is 2.00 bits per heavy atom. The Hall–Kier alpha value is -1.30. The highest BCUT2D eigenvalue weighted by Crippen LogP contribution is 2.23. The molecule has 2 N–H and O–H groups in total. The van der Waals surface area contributed by atoms with Gasteiger partial charge in [-0.25, -0.2) is 0 Å². The summed E-state index contributed by atoms with van der Waals surface area (Å²) >= 11 is 1.74. The summed E-state index contributed by atoms with van der Waals surface area (Å²) in [5.41, 5.74) is 2.69. The van der Waals surface area contributed by atoms with Gasteiger partial charge >= 0.3 is 7.32 Å². The Balaban J connectivity index is 0.000000167. The van der Waals surface area contributed by atoms with E-state index >= 15 is 0 Å². The third-order valence-corrected chi connectivity index (χ3v) is 2.31. The molecular formula is C10H11BO3S. The first-order chi connectivity index (χ1) is 7.24. The lowest BCUT2D eigenvalue weighted by atomic mass is 10.2. The molecule has 0 aromatic heterocycles. The Morgan fingerprint density at radius 3 is 2.53 bits per heavy atom. The molecule has 0 aromatic carbocycles. The lowest BCUT2D eigenvalue weighted by Gasteiger charge is -1.91. The first-order valence-electron chi connectivity index (χ1n) is 4.27. The monoisotopic (exact) mass is 222 g/mol. The van der Waals surface area contributed by atoms with Crippen LogP contribution in [0.15, 0.2) is 47.9 Å². The van der Waals surface area contributed by atoms with Crippen molar-refractivity contribution in [2.24, 2.45) is 0 Å². The van der Waals surface area contributed by atoms with Crippen LogP contribution < -0.4 is 0 Å². The fraction of sp³-hybridized carbons (Fsp3) is 0. The quantitative estimate of drug-likeness (QED) is 0.603. The average molecular weight is 222 g/mol. The number of fused-ring (bicyclic) bond motifs is 1. The maximum absolute atomic E-state index is 7.81. The van der Waals surface area contributed by atoms with Crippen LogP contribution in [0.25, 0.3) is 11.1 Å². The summed E-state index contributed by atoms with van der Waals surface area (Å²) in [5.74, 6) is 0. The van der Waals surface area contributed by atoms with Crippen LogP contribution in [0.5, 0.6) is 0 Å². The molecule has 5 heteroatoms. The molecule has 0 atom stereocenters. The summed E-state index contributed by atoms with van der Waals surface area (Å²) < 4.78 is 3.92. The molecule has 2 aliphatic rings. The van der Waals surface area contributed by atoms with E-state index in [4.69, 9.17) is 10.0 Å². The summed E-state index contributed by atoms with van der Waals surface area (Å²) in [7, 11) is -1.72. The third-order valence-electron chi connectivity index (χ3n) is 1.62. The fourth-order valence-electron chi connectivity index (χ4n) is 1.02. The molecule has 1 aliphatic heterocycles. The fourth-order valence-corrected chi connectivity index (χ4v) is 1.68. The highest BCUT2D eigenvalue weighted by atomic mass is 32.1. The lowest BCUT2D eigenvalue weighted by molar-refractivity contribution is 0.258. The van der Waals surface area contributed by atoms with E-state index in [1.165, 1.54) is 11.1 Å². The lowest BCUT2D eigenvalue weighted by Crippen LogP contribution is -2.12. The summed E-state index contributed by atoms with van der Waals surface area (Å²) in [5, 5.41) is 19.9. The van der Waals surface area contributed by atoms with Crippen molar-refractivity contribution < 1.29 is 14.7 Å². The van der Waals surface area contributed by atoms with Gasteiger partial charge in [-0.15, -0.1) is 0 Å². The molecule has 0 unspecified atom stereocenters. The van der Waals surface area contributed by atoms with Crippen molar-refractivity contribution in [1.82, 2.24) is 0 Å². The number of hydrogen-bond donors (Lipinski definition) is 2. The molecule has 0 saturated carbocycles. The van der Waals surface area contributed by atoms with E-state index in [2.05, 4.69) is 46.3 Å². The summed E-state index contributed by atoms with van der Waals surface area (Å²) in [6.45, 7) is 3.06. The molecule has 0 spiro atoms. The van der Waals surface area contributed by atoms with Crippen LogP contribution >= 0.6 is 11.3 Å². The van der Waals surface area contributed by atoms with Crippen LogP contribution in [0, 0.1) is 0 Å². The van der Waals surface area contributed by atoms with Gasteiger partial charge < -0.3 is 14.7 Å². The van der Waals surface area contributed by atoms with Crippen molar-refractivity contribution >= 4 is 18.7 Å². The van der Waals surface area contributed by atoms with E-state index in [9.17, 15) is 0 Å². The van der Waals surface area contributed by atoms with E-state index in [1.807, 2.05) is 0 Å². The smallest absolute Gasteiger partial charge is 0.519 e. The second-order valence-electron chi connectivity index (χ2n) is 2.62. The number of hydrogen-bond acceptors (Lipinski definition) is 4. The largest absolute Gasteiger partial charge is 0.707 e. The van der Waals surface area contributed by atoms with Gasteiger partial charge in [-0.05, 0) is 28.0 Å². The molecule has 0 aromatic rings. The molecule has 0 amide bonds. The van der Waals surface area contributed by atoms with Crippen molar-refractivity contribution in [2.75, 3.05) is 0 Å². The Labute approximate surface area is 92.8 Å². The average Bonchev–Trinajstić information content (AvgIpc) is 2.65. The SMILES string of the molecule is C=COB(O)O.c1cc2ccscc-2c1. The minimum atomic E-state index is -1.72.